The summed E-state index contributed by atoms with van der Waals surface area (Å²) in [6.07, 6.45) is 6.18. The molecule has 1 atom stereocenters. The zero-order chi connectivity index (χ0) is 18.3. The number of hydrogen-bond donors (Lipinski definition) is 1. The molecule has 1 N–H and O–H groups in total. The van der Waals surface area contributed by atoms with E-state index in [9.17, 15) is 14.4 Å². The lowest BCUT2D eigenvalue weighted by Crippen LogP contribution is -2.40. The highest BCUT2D eigenvalue weighted by Crippen LogP contribution is 2.46. The number of amides is 1. The minimum atomic E-state index is -0.871. The van der Waals surface area contributed by atoms with Gasteiger partial charge in [0.1, 0.15) is 0 Å². The third kappa shape index (κ3) is 3.09. The Hall–Kier alpha value is -2.01. The first-order valence-electron chi connectivity index (χ1n) is 9.13. The molecule has 0 saturated carbocycles. The Bertz CT molecular complexity index is 784. The van der Waals surface area contributed by atoms with E-state index in [-0.39, 0.29) is 18.4 Å². The van der Waals surface area contributed by atoms with Crippen molar-refractivity contribution in [1.82, 2.24) is 10.0 Å². The van der Waals surface area contributed by atoms with Crippen LogP contribution in [-0.4, -0.2) is 40.9 Å². The van der Waals surface area contributed by atoms with Crippen LogP contribution in [0.15, 0.2) is 41.6 Å². The molecule has 1 aromatic rings. The van der Waals surface area contributed by atoms with E-state index >= 15 is 0 Å². The summed E-state index contributed by atoms with van der Waals surface area (Å²) >= 11 is 6.21. The Labute approximate surface area is 157 Å². The smallest absolute Gasteiger partial charge is 0.407 e. The fourth-order valence-corrected chi connectivity index (χ4v) is 4.80. The van der Waals surface area contributed by atoms with Crippen LogP contribution in [0, 0.1) is 5.92 Å². The third-order valence-electron chi connectivity index (χ3n) is 5.86. The summed E-state index contributed by atoms with van der Waals surface area (Å²) in [6, 6.07) is 5.92. The van der Waals surface area contributed by atoms with Crippen LogP contribution in [0.3, 0.4) is 0 Å². The summed E-state index contributed by atoms with van der Waals surface area (Å²) < 4.78 is 14.9. The third-order valence-corrected chi connectivity index (χ3v) is 6.09. The number of rotatable bonds is 1. The summed E-state index contributed by atoms with van der Waals surface area (Å²) in [7, 11) is 0. The standard InChI is InChI=1S/C20H22ClFN2O2/c21-16-5-6-17-15(12-16)4-3-14-2-1-9-24(22)19(14)18(17)13-7-10-23(11-8-13)20(25)26/h1-2,5-6,12-13,18H,3-4,7-11H2,(H,25,26). The Kier molecular flexibility index (Phi) is 4.65. The molecule has 6 heteroatoms. The predicted octanol–water partition coefficient (Wildman–Crippen LogP) is 4.77. The highest BCUT2D eigenvalue weighted by molar-refractivity contribution is 6.30. The molecule has 0 radical (unpaired) electrons. The lowest BCUT2D eigenvalue weighted by atomic mass is 9.76. The van der Waals surface area contributed by atoms with Crippen molar-refractivity contribution in [1.29, 1.82) is 0 Å². The van der Waals surface area contributed by atoms with E-state index in [0.29, 0.717) is 18.1 Å². The molecule has 4 rings (SSSR count). The van der Waals surface area contributed by atoms with Crippen molar-refractivity contribution in [3.63, 3.8) is 0 Å². The van der Waals surface area contributed by atoms with Gasteiger partial charge in [-0.25, -0.2) is 9.92 Å². The molecule has 1 aliphatic carbocycles. The molecule has 1 saturated heterocycles. The molecular formula is C20H22ClFN2O2. The fourth-order valence-electron chi connectivity index (χ4n) is 4.60. The molecule has 1 amide bonds. The number of aryl methyl sites for hydroxylation is 1. The Morgan fingerprint density at radius 1 is 1.23 bits per heavy atom. The van der Waals surface area contributed by atoms with E-state index in [1.165, 1.54) is 10.5 Å². The number of hydrogen-bond acceptors (Lipinski definition) is 2. The highest BCUT2D eigenvalue weighted by atomic mass is 35.5. The molecule has 0 aromatic heterocycles. The second-order valence-electron chi connectivity index (χ2n) is 7.29. The van der Waals surface area contributed by atoms with Crippen molar-refractivity contribution in [2.24, 2.45) is 5.92 Å². The van der Waals surface area contributed by atoms with Gasteiger partial charge in [-0.3, -0.25) is 0 Å². The molecule has 0 bridgehead atoms. The Balaban J connectivity index is 1.74. The van der Waals surface area contributed by atoms with Crippen molar-refractivity contribution >= 4 is 17.7 Å². The quantitative estimate of drug-likeness (QED) is 0.718. The zero-order valence-corrected chi connectivity index (χ0v) is 15.3. The van der Waals surface area contributed by atoms with Gasteiger partial charge in [0.15, 0.2) is 0 Å². The van der Waals surface area contributed by atoms with E-state index in [4.69, 9.17) is 11.6 Å². The zero-order valence-electron chi connectivity index (χ0n) is 14.5. The second kappa shape index (κ2) is 6.95. The summed E-state index contributed by atoms with van der Waals surface area (Å²) in [5, 5.41) is 10.8. The van der Waals surface area contributed by atoms with Crippen LogP contribution in [0.2, 0.25) is 5.02 Å². The van der Waals surface area contributed by atoms with Crippen LogP contribution >= 0.6 is 11.6 Å². The minimum absolute atomic E-state index is 0.0503. The maximum absolute atomic E-state index is 14.9. The molecule has 2 heterocycles. The van der Waals surface area contributed by atoms with Crippen LogP contribution in [0.1, 0.15) is 36.3 Å². The van der Waals surface area contributed by atoms with E-state index in [2.05, 4.69) is 6.08 Å². The molecule has 3 aliphatic rings. The molecule has 2 aliphatic heterocycles. The van der Waals surface area contributed by atoms with Crippen LogP contribution < -0.4 is 0 Å². The minimum Gasteiger partial charge on any atom is -0.465 e. The van der Waals surface area contributed by atoms with Crippen molar-refractivity contribution in [3.8, 4) is 0 Å². The molecule has 1 aromatic carbocycles. The lowest BCUT2D eigenvalue weighted by molar-refractivity contribution is 0.0608. The maximum atomic E-state index is 14.9. The molecule has 1 unspecified atom stereocenters. The van der Waals surface area contributed by atoms with E-state index in [1.54, 1.807) is 0 Å². The Morgan fingerprint density at radius 3 is 2.73 bits per heavy atom. The van der Waals surface area contributed by atoms with Gasteiger partial charge >= 0.3 is 6.09 Å². The number of allylic oxidation sites excluding steroid dienone is 3. The van der Waals surface area contributed by atoms with Crippen LogP contribution in [0.5, 0.6) is 0 Å². The van der Waals surface area contributed by atoms with Gasteiger partial charge in [0.25, 0.3) is 0 Å². The molecular weight excluding hydrogens is 355 g/mol. The normalized spacial score (nSPS) is 23.5. The van der Waals surface area contributed by atoms with Crippen molar-refractivity contribution in [2.75, 3.05) is 19.6 Å². The molecule has 138 valence electrons. The average Bonchev–Trinajstić information content (AvgIpc) is 2.79. The molecule has 0 spiro atoms. The van der Waals surface area contributed by atoms with Crippen molar-refractivity contribution in [2.45, 2.75) is 31.6 Å². The summed E-state index contributed by atoms with van der Waals surface area (Å²) in [4.78, 5) is 12.7. The summed E-state index contributed by atoms with van der Waals surface area (Å²) in [6.45, 7) is 1.28. The van der Waals surface area contributed by atoms with Crippen molar-refractivity contribution < 1.29 is 14.4 Å². The summed E-state index contributed by atoms with van der Waals surface area (Å²) in [5.74, 6) is 0.170. The fraction of sp³-hybridized carbons (Fsp3) is 0.450. The number of nitrogens with zero attached hydrogens (tertiary/aromatic N) is 2. The van der Waals surface area contributed by atoms with Crippen molar-refractivity contribution in [3.05, 3.63) is 57.8 Å². The summed E-state index contributed by atoms with van der Waals surface area (Å²) in [5.41, 5.74) is 4.14. The number of fused-ring (bicyclic) bond motifs is 1. The topological polar surface area (TPSA) is 43.8 Å². The van der Waals surface area contributed by atoms with Gasteiger partial charge in [0, 0.05) is 24.0 Å². The van der Waals surface area contributed by atoms with Gasteiger partial charge in [0.2, 0.25) is 0 Å². The largest absolute Gasteiger partial charge is 0.465 e. The van der Waals surface area contributed by atoms with E-state index in [0.717, 1.165) is 47.6 Å². The number of carbonyl (C=O) groups is 1. The van der Waals surface area contributed by atoms with Gasteiger partial charge in [-0.15, -0.1) is 0 Å². The van der Waals surface area contributed by atoms with Gasteiger partial charge in [-0.2, -0.15) is 0 Å². The van der Waals surface area contributed by atoms with Crippen LogP contribution in [0.25, 0.3) is 0 Å². The second-order valence-corrected chi connectivity index (χ2v) is 7.72. The Morgan fingerprint density at radius 2 is 2.00 bits per heavy atom. The number of benzene rings is 1. The number of piperidine rings is 1. The maximum Gasteiger partial charge on any atom is 0.407 e. The predicted molar refractivity (Wildman–Crippen MR) is 98.8 cm³/mol. The first-order chi connectivity index (χ1) is 12.5. The van der Waals surface area contributed by atoms with E-state index < -0.39 is 6.09 Å². The lowest BCUT2D eigenvalue weighted by Gasteiger charge is -2.38. The molecule has 1 fully saturated rings. The van der Waals surface area contributed by atoms with Gasteiger partial charge < -0.3 is 10.0 Å². The number of halogens is 2. The first-order valence-corrected chi connectivity index (χ1v) is 9.51. The van der Waals surface area contributed by atoms with Gasteiger partial charge in [-0.1, -0.05) is 34.3 Å². The monoisotopic (exact) mass is 376 g/mol. The van der Waals surface area contributed by atoms with Crippen LogP contribution in [0.4, 0.5) is 9.28 Å². The van der Waals surface area contributed by atoms with Gasteiger partial charge in [-0.05, 0) is 60.4 Å². The average molecular weight is 377 g/mol. The number of carboxylic acid groups (broad SMARTS) is 1. The van der Waals surface area contributed by atoms with E-state index in [1.807, 2.05) is 24.3 Å². The SMILES string of the molecule is O=C(O)N1CCC(C2C3=C(C=CCN3F)CCc3cc(Cl)ccc32)CC1. The molecule has 4 nitrogen and oxygen atoms in total. The first kappa shape index (κ1) is 17.4. The molecule has 26 heavy (non-hydrogen) atoms. The van der Waals surface area contributed by atoms with Crippen LogP contribution in [-0.2, 0) is 6.42 Å². The highest BCUT2D eigenvalue weighted by Gasteiger charge is 2.38. The van der Waals surface area contributed by atoms with Gasteiger partial charge in [0.05, 0.1) is 12.2 Å². The number of likely N-dealkylation sites (tertiary alicyclic amines) is 1.